The number of anilines is 2. The molecule has 0 N–H and O–H groups in total. The summed E-state index contributed by atoms with van der Waals surface area (Å²) in [6.45, 7) is 7.56. The fourth-order valence-electron chi connectivity index (χ4n) is 1.75. The van der Waals surface area contributed by atoms with E-state index in [4.69, 9.17) is 12.2 Å². The van der Waals surface area contributed by atoms with Crippen molar-refractivity contribution in [1.82, 2.24) is 0 Å². The molecule has 3 nitrogen and oxygen atoms in total. The largest absolute Gasteiger partial charge is 0.373 e. The molecule has 0 atom stereocenters. The van der Waals surface area contributed by atoms with E-state index in [9.17, 15) is 4.79 Å². The number of hydrogen-bond acceptors (Lipinski definition) is 4. The zero-order valence-corrected chi connectivity index (χ0v) is 12.4. The highest BCUT2D eigenvalue weighted by Crippen LogP contribution is 2.30. The van der Waals surface area contributed by atoms with Crippen LogP contribution in [0.15, 0.2) is 4.79 Å². The van der Waals surface area contributed by atoms with Gasteiger partial charge in [-0.05, 0) is 11.8 Å². The lowest BCUT2D eigenvalue weighted by atomic mass is 9.92. The van der Waals surface area contributed by atoms with Gasteiger partial charge in [0.1, 0.15) is 10.2 Å². The zero-order chi connectivity index (χ0) is 13.4. The molecule has 1 aromatic carbocycles. The Morgan fingerprint density at radius 3 is 2.06 bits per heavy atom. The van der Waals surface area contributed by atoms with Crippen LogP contribution in [0.4, 0.5) is 11.4 Å². The molecule has 0 aliphatic rings. The monoisotopic (exact) mass is 254 g/mol. The van der Waals surface area contributed by atoms with E-state index >= 15 is 0 Å². The van der Waals surface area contributed by atoms with E-state index in [1.807, 2.05) is 26.0 Å². The van der Waals surface area contributed by atoms with E-state index in [0.717, 1.165) is 24.3 Å². The van der Waals surface area contributed by atoms with Crippen LogP contribution in [0.5, 0.6) is 0 Å². The summed E-state index contributed by atoms with van der Waals surface area (Å²) in [4.78, 5) is 15.6. The molecule has 1 rings (SSSR count). The molecule has 0 fully saturated rings. The summed E-state index contributed by atoms with van der Waals surface area (Å²) in [6.07, 6.45) is 1.07. The predicted molar refractivity (Wildman–Crippen MR) is 77.6 cm³/mol. The fraction of sp³-hybridized carbons (Fsp3) is 0.692. The Hall–Kier alpha value is -0.900. The van der Waals surface area contributed by atoms with E-state index in [0.29, 0.717) is 9.93 Å². The molecule has 4 heteroatoms. The first kappa shape index (κ1) is 14.2. The molecule has 0 aliphatic heterocycles. The molecular weight excluding hydrogens is 232 g/mol. The summed E-state index contributed by atoms with van der Waals surface area (Å²) in [6, 6.07) is 0. The van der Waals surface area contributed by atoms with Crippen LogP contribution in [-0.4, -0.2) is 27.7 Å². The molecule has 0 bridgehead atoms. The van der Waals surface area contributed by atoms with E-state index in [1.54, 1.807) is 0 Å². The van der Waals surface area contributed by atoms with Crippen molar-refractivity contribution in [2.24, 2.45) is 5.41 Å². The molecule has 0 spiro atoms. The maximum absolute atomic E-state index is 11.7. The Morgan fingerprint density at radius 1 is 1.12 bits per heavy atom. The van der Waals surface area contributed by atoms with Gasteiger partial charge in [-0.2, -0.15) is 0 Å². The molecule has 0 unspecified atom stereocenters. The lowest BCUT2D eigenvalue weighted by Gasteiger charge is -2.30. The smallest absolute Gasteiger partial charge is 0.224 e. The summed E-state index contributed by atoms with van der Waals surface area (Å²) >= 11 is 5.13. The second-order valence-electron chi connectivity index (χ2n) is 5.98. The van der Waals surface area contributed by atoms with Crippen molar-refractivity contribution in [3.05, 3.63) is 14.7 Å². The van der Waals surface area contributed by atoms with E-state index < -0.39 is 0 Å². The van der Waals surface area contributed by atoms with Gasteiger partial charge in [-0.25, -0.2) is 0 Å². The van der Waals surface area contributed by atoms with Crippen LogP contribution in [0.1, 0.15) is 27.2 Å². The summed E-state index contributed by atoms with van der Waals surface area (Å²) in [5.74, 6) is 0. The summed E-state index contributed by atoms with van der Waals surface area (Å²) in [5, 5.41) is 0. The average molecular weight is 254 g/mol. The Labute approximate surface area is 109 Å². The summed E-state index contributed by atoms with van der Waals surface area (Å²) in [7, 11) is 5.77. The molecule has 0 heterocycles. The minimum absolute atomic E-state index is 0.00242. The van der Waals surface area contributed by atoms with E-state index in [2.05, 4.69) is 25.7 Å². The third kappa shape index (κ3) is 3.06. The van der Waals surface area contributed by atoms with Crippen molar-refractivity contribution >= 4 is 23.6 Å². The molecule has 0 radical (unpaired) electrons. The molecule has 96 valence electrons. The fourth-order valence-corrected chi connectivity index (χ4v) is 2.10. The maximum Gasteiger partial charge on any atom is 0.224 e. The van der Waals surface area contributed by atoms with Crippen LogP contribution in [0, 0.1) is 9.93 Å². The first-order valence-electron chi connectivity index (χ1n) is 5.87. The van der Waals surface area contributed by atoms with Gasteiger partial charge in [-0.3, -0.25) is 4.79 Å². The van der Waals surface area contributed by atoms with Gasteiger partial charge in [0.15, 0.2) is 0 Å². The van der Waals surface area contributed by atoms with Gasteiger partial charge in [-0.15, -0.1) is 0 Å². The first-order chi connectivity index (χ1) is 7.65. The van der Waals surface area contributed by atoms with Crippen molar-refractivity contribution in [2.45, 2.75) is 27.2 Å². The Morgan fingerprint density at radius 2 is 1.65 bits per heavy atom. The van der Waals surface area contributed by atoms with Gasteiger partial charge in [0, 0.05) is 27.7 Å². The van der Waals surface area contributed by atoms with Gasteiger partial charge < -0.3 is 9.80 Å². The van der Waals surface area contributed by atoms with Gasteiger partial charge in [0.2, 0.25) is 5.43 Å². The summed E-state index contributed by atoms with van der Waals surface area (Å²) < 4.78 is 0.477. The minimum atomic E-state index is 0.00242. The van der Waals surface area contributed by atoms with Gasteiger partial charge in [-0.1, -0.05) is 33.0 Å². The molecule has 0 saturated heterocycles. The Balaban J connectivity index is 2.84. The molecule has 0 aromatic heterocycles. The van der Waals surface area contributed by atoms with Crippen LogP contribution >= 0.6 is 12.2 Å². The Kier molecular flexibility index (Phi) is 3.97. The topological polar surface area (TPSA) is 23.6 Å². The second-order valence-corrected chi connectivity index (χ2v) is 6.39. The van der Waals surface area contributed by atoms with Crippen LogP contribution in [0.2, 0.25) is 0 Å². The van der Waals surface area contributed by atoms with Crippen molar-refractivity contribution < 1.29 is 0 Å². The third-order valence-corrected chi connectivity index (χ3v) is 3.27. The van der Waals surface area contributed by atoms with Crippen molar-refractivity contribution in [3.8, 4) is 0 Å². The standard InChI is InChI=1S/C13H22N2OS/c1-13(2,3)7-8-15(6)10-9(14(4)5)11(16)12(10)17/h7-8H2,1-6H3. The third-order valence-electron chi connectivity index (χ3n) is 2.89. The van der Waals surface area contributed by atoms with Gasteiger partial charge in [0.25, 0.3) is 0 Å². The van der Waals surface area contributed by atoms with Crippen molar-refractivity contribution in [1.29, 1.82) is 0 Å². The molecule has 0 saturated carbocycles. The van der Waals surface area contributed by atoms with Crippen LogP contribution in [-0.2, 0) is 0 Å². The minimum Gasteiger partial charge on any atom is -0.373 e. The normalized spacial score (nSPS) is 11.9. The van der Waals surface area contributed by atoms with Crippen LogP contribution < -0.4 is 15.2 Å². The highest BCUT2D eigenvalue weighted by atomic mass is 32.1. The number of hydrogen-bond donors (Lipinski definition) is 0. The first-order valence-corrected chi connectivity index (χ1v) is 6.28. The Bertz CT molecular complexity index is 464. The van der Waals surface area contributed by atoms with Crippen molar-refractivity contribution in [3.63, 3.8) is 0 Å². The van der Waals surface area contributed by atoms with Crippen LogP contribution in [0.3, 0.4) is 0 Å². The maximum atomic E-state index is 11.7. The second kappa shape index (κ2) is 4.77. The van der Waals surface area contributed by atoms with Crippen LogP contribution in [0.25, 0.3) is 0 Å². The molecule has 0 amide bonds. The summed E-state index contributed by atoms with van der Waals surface area (Å²) in [5.41, 5.74) is 1.97. The quantitative estimate of drug-likeness (QED) is 0.771. The highest BCUT2D eigenvalue weighted by Gasteiger charge is 2.23. The molecule has 1 aromatic rings. The highest BCUT2D eigenvalue weighted by molar-refractivity contribution is 7.71. The average Bonchev–Trinajstić information content (AvgIpc) is 2.19. The van der Waals surface area contributed by atoms with Gasteiger partial charge >= 0.3 is 0 Å². The van der Waals surface area contributed by atoms with Crippen molar-refractivity contribution in [2.75, 3.05) is 37.5 Å². The van der Waals surface area contributed by atoms with Gasteiger partial charge in [0.05, 0.1) is 5.69 Å². The lowest BCUT2D eigenvalue weighted by Crippen LogP contribution is -2.33. The van der Waals surface area contributed by atoms with E-state index in [1.165, 1.54) is 0 Å². The molecule has 0 aliphatic carbocycles. The number of nitrogens with zero attached hydrogens (tertiary/aromatic N) is 2. The number of rotatable bonds is 4. The molecule has 17 heavy (non-hydrogen) atoms. The predicted octanol–water partition coefficient (Wildman–Crippen LogP) is 2.59. The van der Waals surface area contributed by atoms with E-state index in [-0.39, 0.29) is 5.43 Å². The molecular formula is C13H22N2OS. The zero-order valence-electron chi connectivity index (χ0n) is 11.6. The SMILES string of the molecule is CN(C)c1c(N(C)CCC(C)(C)C)c(=S)c1=O. The lowest BCUT2D eigenvalue weighted by molar-refractivity contribution is 0.381.